The second-order valence-electron chi connectivity index (χ2n) is 2.90. The maximum absolute atomic E-state index is 12.6. The molecule has 0 unspecified atom stereocenters. The summed E-state index contributed by atoms with van der Waals surface area (Å²) in [5.41, 5.74) is -0.288. The number of rotatable bonds is 3. The smallest absolute Gasteiger partial charge is 0.303 e. The van der Waals surface area contributed by atoms with Crippen LogP contribution >= 0.6 is 11.8 Å². The summed E-state index contributed by atoms with van der Waals surface area (Å²) in [6.07, 6.45) is -2.17. The minimum atomic E-state index is -4.36. The van der Waals surface area contributed by atoms with Crippen LogP contribution in [0.5, 0.6) is 0 Å². The van der Waals surface area contributed by atoms with E-state index in [0.29, 0.717) is 11.8 Å². The Morgan fingerprint density at radius 1 is 1.40 bits per heavy atom. The zero-order chi connectivity index (χ0) is 11.5. The SMILES string of the molecule is CSc1ccc(CC=O)cc1C(F)(F)F. The Kier molecular flexibility index (Phi) is 3.79. The van der Waals surface area contributed by atoms with Crippen molar-refractivity contribution in [2.75, 3.05) is 6.26 Å². The normalized spacial score (nSPS) is 11.5. The molecule has 0 atom stereocenters. The molecule has 0 heterocycles. The number of hydrogen-bond donors (Lipinski definition) is 0. The molecule has 0 fully saturated rings. The van der Waals surface area contributed by atoms with E-state index in [1.54, 1.807) is 6.26 Å². The summed E-state index contributed by atoms with van der Waals surface area (Å²) >= 11 is 1.04. The lowest BCUT2D eigenvalue weighted by atomic mass is 10.1. The first-order chi connectivity index (χ1) is 6.99. The van der Waals surface area contributed by atoms with Gasteiger partial charge in [-0.3, -0.25) is 0 Å². The molecule has 0 aliphatic carbocycles. The lowest BCUT2D eigenvalue weighted by molar-refractivity contribution is -0.139. The van der Waals surface area contributed by atoms with Crippen molar-refractivity contribution in [2.24, 2.45) is 0 Å². The van der Waals surface area contributed by atoms with Crippen LogP contribution in [-0.4, -0.2) is 12.5 Å². The van der Waals surface area contributed by atoms with E-state index in [4.69, 9.17) is 0 Å². The zero-order valence-electron chi connectivity index (χ0n) is 7.97. The van der Waals surface area contributed by atoms with E-state index in [0.717, 1.165) is 17.8 Å². The summed E-state index contributed by atoms with van der Waals surface area (Å²) < 4.78 is 37.7. The Hall–Kier alpha value is -0.970. The topological polar surface area (TPSA) is 17.1 Å². The van der Waals surface area contributed by atoms with Gasteiger partial charge in [0.1, 0.15) is 6.29 Å². The van der Waals surface area contributed by atoms with Crippen LogP contribution in [0.4, 0.5) is 13.2 Å². The van der Waals surface area contributed by atoms with Crippen LogP contribution in [0.3, 0.4) is 0 Å². The van der Waals surface area contributed by atoms with Gasteiger partial charge in [-0.05, 0) is 24.0 Å². The molecule has 0 aliphatic rings. The molecule has 0 N–H and O–H groups in total. The van der Waals surface area contributed by atoms with Gasteiger partial charge in [-0.1, -0.05) is 6.07 Å². The fourth-order valence-electron chi connectivity index (χ4n) is 1.20. The van der Waals surface area contributed by atoms with E-state index in [-0.39, 0.29) is 11.3 Å². The number of thioether (sulfide) groups is 1. The molecule has 0 aliphatic heterocycles. The number of carbonyl (C=O) groups is 1. The second kappa shape index (κ2) is 4.70. The molecule has 0 saturated carbocycles. The largest absolute Gasteiger partial charge is 0.417 e. The number of benzene rings is 1. The molecule has 15 heavy (non-hydrogen) atoms. The Balaban J connectivity index is 3.19. The molecule has 1 aromatic carbocycles. The van der Waals surface area contributed by atoms with Crippen LogP contribution in [0, 0.1) is 0 Å². The quantitative estimate of drug-likeness (QED) is 0.590. The van der Waals surface area contributed by atoms with Crippen molar-refractivity contribution >= 4 is 18.0 Å². The molecule has 1 rings (SSSR count). The molecule has 0 amide bonds. The van der Waals surface area contributed by atoms with Crippen LogP contribution in [-0.2, 0) is 17.4 Å². The van der Waals surface area contributed by atoms with E-state index in [1.807, 2.05) is 0 Å². The van der Waals surface area contributed by atoms with Gasteiger partial charge >= 0.3 is 6.18 Å². The van der Waals surface area contributed by atoms with Gasteiger partial charge in [-0.2, -0.15) is 13.2 Å². The van der Waals surface area contributed by atoms with E-state index < -0.39 is 11.7 Å². The average Bonchev–Trinajstić information content (AvgIpc) is 2.17. The molecule has 1 nitrogen and oxygen atoms in total. The van der Waals surface area contributed by atoms with Crippen LogP contribution in [0.1, 0.15) is 11.1 Å². The first kappa shape index (κ1) is 12.1. The monoisotopic (exact) mass is 234 g/mol. The number of halogens is 3. The Labute approximate surface area is 89.7 Å². The van der Waals surface area contributed by atoms with Gasteiger partial charge in [0.05, 0.1) is 5.56 Å². The summed E-state index contributed by atoms with van der Waals surface area (Å²) in [5.74, 6) is 0. The van der Waals surface area contributed by atoms with Gasteiger partial charge in [0, 0.05) is 11.3 Å². The summed E-state index contributed by atoms with van der Waals surface area (Å²) in [7, 11) is 0. The van der Waals surface area contributed by atoms with Crippen LogP contribution in [0.25, 0.3) is 0 Å². The van der Waals surface area contributed by atoms with Crippen molar-refractivity contribution in [3.8, 4) is 0 Å². The van der Waals surface area contributed by atoms with E-state index in [1.165, 1.54) is 12.1 Å². The van der Waals surface area contributed by atoms with E-state index >= 15 is 0 Å². The van der Waals surface area contributed by atoms with Gasteiger partial charge < -0.3 is 4.79 Å². The molecular weight excluding hydrogens is 225 g/mol. The highest BCUT2D eigenvalue weighted by atomic mass is 32.2. The van der Waals surface area contributed by atoms with E-state index in [9.17, 15) is 18.0 Å². The van der Waals surface area contributed by atoms with Crippen LogP contribution in [0.15, 0.2) is 23.1 Å². The van der Waals surface area contributed by atoms with Crippen molar-refractivity contribution in [1.29, 1.82) is 0 Å². The molecule has 82 valence electrons. The summed E-state index contributed by atoms with van der Waals surface area (Å²) in [6, 6.07) is 3.96. The minimum Gasteiger partial charge on any atom is -0.303 e. The number of aldehydes is 1. The van der Waals surface area contributed by atoms with E-state index in [2.05, 4.69) is 0 Å². The summed E-state index contributed by atoms with van der Waals surface area (Å²) in [4.78, 5) is 10.4. The van der Waals surface area contributed by atoms with Crippen LogP contribution in [0.2, 0.25) is 0 Å². The van der Waals surface area contributed by atoms with Gasteiger partial charge in [-0.25, -0.2) is 0 Å². The number of hydrogen-bond acceptors (Lipinski definition) is 2. The molecule has 0 aromatic heterocycles. The molecule has 5 heteroatoms. The molecule has 0 radical (unpaired) electrons. The summed E-state index contributed by atoms with van der Waals surface area (Å²) in [5, 5.41) is 0. The predicted octanol–water partition coefficient (Wildman–Crippen LogP) is 3.17. The highest BCUT2D eigenvalue weighted by Gasteiger charge is 2.33. The van der Waals surface area contributed by atoms with Crippen molar-refractivity contribution in [3.05, 3.63) is 29.3 Å². The van der Waals surface area contributed by atoms with Crippen molar-refractivity contribution in [2.45, 2.75) is 17.5 Å². The highest BCUT2D eigenvalue weighted by Crippen LogP contribution is 2.36. The molecular formula is C10H9F3OS. The second-order valence-corrected chi connectivity index (χ2v) is 3.75. The first-order valence-electron chi connectivity index (χ1n) is 4.16. The predicted molar refractivity (Wildman–Crippen MR) is 53.0 cm³/mol. The van der Waals surface area contributed by atoms with Crippen molar-refractivity contribution in [1.82, 2.24) is 0 Å². The van der Waals surface area contributed by atoms with Crippen molar-refractivity contribution < 1.29 is 18.0 Å². The third-order valence-corrected chi connectivity index (χ3v) is 2.68. The lowest BCUT2D eigenvalue weighted by Gasteiger charge is -2.12. The zero-order valence-corrected chi connectivity index (χ0v) is 8.78. The molecule has 0 spiro atoms. The highest BCUT2D eigenvalue weighted by molar-refractivity contribution is 7.98. The Morgan fingerprint density at radius 3 is 2.53 bits per heavy atom. The third kappa shape index (κ3) is 2.99. The maximum atomic E-state index is 12.6. The first-order valence-corrected chi connectivity index (χ1v) is 5.39. The summed E-state index contributed by atoms with van der Waals surface area (Å²) in [6.45, 7) is 0. The fraction of sp³-hybridized carbons (Fsp3) is 0.300. The lowest BCUT2D eigenvalue weighted by Crippen LogP contribution is -2.07. The van der Waals surface area contributed by atoms with Gasteiger partial charge in [0.2, 0.25) is 0 Å². The van der Waals surface area contributed by atoms with Crippen molar-refractivity contribution in [3.63, 3.8) is 0 Å². The van der Waals surface area contributed by atoms with Crippen LogP contribution < -0.4 is 0 Å². The van der Waals surface area contributed by atoms with Gasteiger partial charge in [-0.15, -0.1) is 11.8 Å². The molecule has 1 aromatic rings. The minimum absolute atomic E-state index is 0.0116. The standard InChI is InChI=1S/C10H9F3OS/c1-15-9-3-2-7(4-5-14)6-8(9)10(11,12)13/h2-3,5-6H,4H2,1H3. The number of carbonyl (C=O) groups excluding carboxylic acids is 1. The Bertz CT molecular complexity index is 360. The van der Waals surface area contributed by atoms with Gasteiger partial charge in [0.15, 0.2) is 0 Å². The Morgan fingerprint density at radius 2 is 2.07 bits per heavy atom. The number of alkyl halides is 3. The third-order valence-electron chi connectivity index (χ3n) is 1.89. The molecule has 0 saturated heterocycles. The molecule has 0 bridgehead atoms. The average molecular weight is 234 g/mol. The fourth-order valence-corrected chi connectivity index (χ4v) is 1.80. The van der Waals surface area contributed by atoms with Gasteiger partial charge in [0.25, 0.3) is 0 Å². The maximum Gasteiger partial charge on any atom is 0.417 e.